The molecule has 0 fully saturated rings. The summed E-state index contributed by atoms with van der Waals surface area (Å²) in [5, 5.41) is 3.87. The van der Waals surface area contributed by atoms with Gasteiger partial charge in [-0.1, -0.05) is 23.4 Å². The molecular formula is C18H22N2O2S. The molecule has 1 amide bonds. The Labute approximate surface area is 141 Å². The number of para-hydroxylation sites is 1. The van der Waals surface area contributed by atoms with E-state index in [1.165, 1.54) is 5.56 Å². The maximum Gasteiger partial charge on any atom is 0.240 e. The lowest BCUT2D eigenvalue weighted by Gasteiger charge is -2.25. The van der Waals surface area contributed by atoms with Crippen molar-refractivity contribution in [2.75, 3.05) is 4.90 Å². The number of aryl methyl sites for hydroxylation is 2. The first-order valence-electron chi connectivity index (χ1n) is 7.93. The molecule has 1 aliphatic rings. The van der Waals surface area contributed by atoms with Crippen molar-refractivity contribution in [1.82, 2.24) is 5.16 Å². The van der Waals surface area contributed by atoms with Gasteiger partial charge in [-0.05, 0) is 45.7 Å². The van der Waals surface area contributed by atoms with Crippen LogP contribution in [0.25, 0.3) is 0 Å². The molecular weight excluding hydrogens is 308 g/mol. The summed E-state index contributed by atoms with van der Waals surface area (Å²) in [5.41, 5.74) is 4.34. The summed E-state index contributed by atoms with van der Waals surface area (Å²) in [6.07, 6.45) is 0.934. The van der Waals surface area contributed by atoms with Crippen molar-refractivity contribution in [2.24, 2.45) is 0 Å². The second kappa shape index (κ2) is 6.40. The minimum absolute atomic E-state index is 0.0997. The molecule has 2 atom stereocenters. The number of thioether (sulfide) groups is 1. The molecule has 0 bridgehead atoms. The zero-order valence-corrected chi connectivity index (χ0v) is 14.8. The minimum Gasteiger partial charge on any atom is -0.361 e. The smallest absolute Gasteiger partial charge is 0.240 e. The lowest BCUT2D eigenvalue weighted by molar-refractivity contribution is -0.118. The van der Waals surface area contributed by atoms with Gasteiger partial charge in [-0.3, -0.25) is 4.79 Å². The topological polar surface area (TPSA) is 46.3 Å². The first-order valence-corrected chi connectivity index (χ1v) is 8.98. The lowest BCUT2D eigenvalue weighted by atomic mass is 10.1. The fourth-order valence-corrected chi connectivity index (χ4v) is 4.17. The van der Waals surface area contributed by atoms with E-state index in [2.05, 4.69) is 18.1 Å². The highest BCUT2D eigenvalue weighted by Crippen LogP contribution is 2.34. The summed E-state index contributed by atoms with van der Waals surface area (Å²) in [6.45, 7) is 7.96. The molecule has 0 saturated heterocycles. The van der Waals surface area contributed by atoms with Crippen LogP contribution in [0.3, 0.4) is 0 Å². The predicted molar refractivity (Wildman–Crippen MR) is 93.8 cm³/mol. The maximum atomic E-state index is 12.9. The molecule has 1 aromatic heterocycles. The van der Waals surface area contributed by atoms with Gasteiger partial charge in [0.15, 0.2) is 0 Å². The SMILES string of the molecule is Cc1noc(C)c1CSC(C)C(=O)N1c2ccccc2CC1C. The standard InChI is InChI=1S/C18H22N2O2S/c1-11-9-15-7-5-6-8-17(15)20(11)18(21)14(4)23-10-16-12(2)19-22-13(16)3/h5-8,11,14H,9-10H2,1-4H3. The van der Waals surface area contributed by atoms with Crippen LogP contribution in [0.4, 0.5) is 5.69 Å². The largest absolute Gasteiger partial charge is 0.361 e. The molecule has 122 valence electrons. The van der Waals surface area contributed by atoms with Crippen LogP contribution < -0.4 is 4.90 Å². The van der Waals surface area contributed by atoms with Crippen LogP contribution in [0, 0.1) is 13.8 Å². The molecule has 0 aliphatic carbocycles. The second-order valence-corrected chi connectivity index (χ2v) is 7.48. The van der Waals surface area contributed by atoms with Gasteiger partial charge in [0.05, 0.1) is 10.9 Å². The fourth-order valence-electron chi connectivity index (χ4n) is 3.08. The van der Waals surface area contributed by atoms with Gasteiger partial charge in [-0.2, -0.15) is 0 Å². The van der Waals surface area contributed by atoms with Crippen LogP contribution in [0.15, 0.2) is 28.8 Å². The van der Waals surface area contributed by atoms with Gasteiger partial charge in [0, 0.05) is 23.0 Å². The Kier molecular flexibility index (Phi) is 4.48. The van der Waals surface area contributed by atoms with Crippen LogP contribution in [0.2, 0.25) is 0 Å². The van der Waals surface area contributed by atoms with Crippen LogP contribution >= 0.6 is 11.8 Å². The molecule has 0 radical (unpaired) electrons. The van der Waals surface area contributed by atoms with E-state index < -0.39 is 0 Å². The first kappa shape index (κ1) is 16.1. The fraction of sp³-hybridized carbons (Fsp3) is 0.444. The Morgan fingerprint density at radius 2 is 2.17 bits per heavy atom. The summed E-state index contributed by atoms with van der Waals surface area (Å²) in [4.78, 5) is 14.9. The number of rotatable bonds is 4. The summed E-state index contributed by atoms with van der Waals surface area (Å²) < 4.78 is 5.19. The van der Waals surface area contributed by atoms with Crippen molar-refractivity contribution >= 4 is 23.4 Å². The average Bonchev–Trinajstić information content (AvgIpc) is 3.03. The predicted octanol–water partition coefficient (Wildman–Crippen LogP) is 3.89. The normalized spacial score (nSPS) is 18.1. The molecule has 3 rings (SSSR count). The van der Waals surface area contributed by atoms with Gasteiger partial charge in [-0.25, -0.2) is 0 Å². The summed E-state index contributed by atoms with van der Waals surface area (Å²) in [7, 11) is 0. The lowest BCUT2D eigenvalue weighted by Crippen LogP contribution is -2.40. The highest BCUT2D eigenvalue weighted by Gasteiger charge is 2.33. The zero-order valence-electron chi connectivity index (χ0n) is 14.0. The van der Waals surface area contributed by atoms with E-state index in [9.17, 15) is 4.79 Å². The van der Waals surface area contributed by atoms with E-state index in [-0.39, 0.29) is 17.2 Å². The van der Waals surface area contributed by atoms with E-state index >= 15 is 0 Å². The van der Waals surface area contributed by atoms with Crippen molar-refractivity contribution in [3.05, 3.63) is 46.8 Å². The number of fused-ring (bicyclic) bond motifs is 1. The number of carbonyl (C=O) groups excluding carboxylic acids is 1. The van der Waals surface area contributed by atoms with E-state index in [0.29, 0.717) is 0 Å². The van der Waals surface area contributed by atoms with Crippen molar-refractivity contribution in [2.45, 2.75) is 51.2 Å². The molecule has 1 aliphatic heterocycles. The number of benzene rings is 1. The summed E-state index contributed by atoms with van der Waals surface area (Å²) in [5.74, 6) is 1.77. The number of aromatic nitrogens is 1. The minimum atomic E-state index is -0.0997. The Morgan fingerprint density at radius 3 is 2.87 bits per heavy atom. The van der Waals surface area contributed by atoms with Crippen LogP contribution in [0.5, 0.6) is 0 Å². The van der Waals surface area contributed by atoms with Crippen LogP contribution in [0.1, 0.15) is 36.4 Å². The number of hydrogen-bond donors (Lipinski definition) is 0. The third-order valence-electron chi connectivity index (χ3n) is 4.45. The monoisotopic (exact) mass is 330 g/mol. The van der Waals surface area contributed by atoms with Crippen LogP contribution in [-0.4, -0.2) is 22.4 Å². The van der Waals surface area contributed by atoms with Gasteiger partial charge < -0.3 is 9.42 Å². The molecule has 2 unspecified atom stereocenters. The maximum absolute atomic E-state index is 12.9. The molecule has 1 aromatic carbocycles. The van der Waals surface area contributed by atoms with Gasteiger partial charge in [-0.15, -0.1) is 11.8 Å². The third-order valence-corrected chi connectivity index (χ3v) is 5.61. The van der Waals surface area contributed by atoms with Gasteiger partial charge in [0.1, 0.15) is 5.76 Å². The molecule has 0 saturated carbocycles. The van der Waals surface area contributed by atoms with Crippen LogP contribution in [-0.2, 0) is 17.0 Å². The third kappa shape index (κ3) is 3.02. The number of carbonyl (C=O) groups is 1. The zero-order chi connectivity index (χ0) is 16.6. The Hall–Kier alpha value is -1.75. The van der Waals surface area contributed by atoms with E-state index in [1.807, 2.05) is 43.9 Å². The molecule has 23 heavy (non-hydrogen) atoms. The number of nitrogens with zero attached hydrogens (tertiary/aromatic N) is 2. The number of anilines is 1. The number of amides is 1. The highest BCUT2D eigenvalue weighted by molar-refractivity contribution is 7.99. The van der Waals surface area contributed by atoms with Crippen molar-refractivity contribution < 1.29 is 9.32 Å². The Balaban J connectivity index is 1.71. The molecule has 5 heteroatoms. The van der Waals surface area contributed by atoms with E-state index in [1.54, 1.807) is 11.8 Å². The van der Waals surface area contributed by atoms with Gasteiger partial charge in [0.25, 0.3) is 0 Å². The average molecular weight is 330 g/mol. The Bertz CT molecular complexity index is 706. The first-order chi connectivity index (χ1) is 11.0. The van der Waals surface area contributed by atoms with Crippen molar-refractivity contribution in [3.8, 4) is 0 Å². The molecule has 0 spiro atoms. The van der Waals surface area contributed by atoms with Crippen molar-refractivity contribution in [1.29, 1.82) is 0 Å². The summed E-state index contributed by atoms with van der Waals surface area (Å²) in [6, 6.07) is 8.42. The Morgan fingerprint density at radius 1 is 1.43 bits per heavy atom. The summed E-state index contributed by atoms with van der Waals surface area (Å²) >= 11 is 1.64. The van der Waals surface area contributed by atoms with E-state index in [0.717, 1.165) is 34.9 Å². The molecule has 2 aromatic rings. The highest BCUT2D eigenvalue weighted by atomic mass is 32.2. The van der Waals surface area contributed by atoms with E-state index in [4.69, 9.17) is 4.52 Å². The van der Waals surface area contributed by atoms with Gasteiger partial charge >= 0.3 is 0 Å². The molecule has 4 nitrogen and oxygen atoms in total. The van der Waals surface area contributed by atoms with Crippen molar-refractivity contribution in [3.63, 3.8) is 0 Å². The second-order valence-electron chi connectivity index (χ2n) is 6.15. The quantitative estimate of drug-likeness (QED) is 0.853. The number of hydrogen-bond acceptors (Lipinski definition) is 4. The van der Waals surface area contributed by atoms with Gasteiger partial charge in [0.2, 0.25) is 5.91 Å². The molecule has 2 heterocycles. The molecule has 0 N–H and O–H groups in total.